The van der Waals surface area contributed by atoms with Gasteiger partial charge in [0.2, 0.25) is 0 Å². The number of methoxy groups -OCH3 is 1. The van der Waals surface area contributed by atoms with Crippen LogP contribution >= 0.6 is 0 Å². The first kappa shape index (κ1) is 12.9. The second-order valence-electron chi connectivity index (χ2n) is 3.64. The van der Waals surface area contributed by atoms with E-state index in [0.717, 1.165) is 6.42 Å². The smallest absolute Gasteiger partial charge is 0.165 e. The van der Waals surface area contributed by atoms with Crippen LogP contribution in [0, 0.1) is 5.82 Å². The van der Waals surface area contributed by atoms with Crippen molar-refractivity contribution >= 4 is 0 Å². The van der Waals surface area contributed by atoms with Gasteiger partial charge in [0.05, 0.1) is 6.10 Å². The summed E-state index contributed by atoms with van der Waals surface area (Å²) >= 11 is 0. The van der Waals surface area contributed by atoms with E-state index in [0.29, 0.717) is 12.2 Å². The fourth-order valence-corrected chi connectivity index (χ4v) is 1.39. The van der Waals surface area contributed by atoms with Crippen molar-refractivity contribution in [3.63, 3.8) is 0 Å². The number of rotatable bonds is 6. The first-order valence-electron chi connectivity index (χ1n) is 5.32. The monoisotopic (exact) mass is 227 g/mol. The van der Waals surface area contributed by atoms with Crippen LogP contribution in [-0.2, 0) is 11.3 Å². The SMILES string of the molecule is COCCC(C)Oc1c(F)cccc1CN. The number of para-hydroxylation sites is 1. The molecule has 16 heavy (non-hydrogen) atoms. The summed E-state index contributed by atoms with van der Waals surface area (Å²) in [6, 6.07) is 4.77. The molecule has 1 unspecified atom stereocenters. The van der Waals surface area contributed by atoms with E-state index in [-0.39, 0.29) is 24.2 Å². The van der Waals surface area contributed by atoms with Gasteiger partial charge in [0.25, 0.3) is 0 Å². The molecule has 3 nitrogen and oxygen atoms in total. The summed E-state index contributed by atoms with van der Waals surface area (Å²) in [5.41, 5.74) is 6.21. The van der Waals surface area contributed by atoms with Gasteiger partial charge in [-0.2, -0.15) is 0 Å². The predicted octanol–water partition coefficient (Wildman–Crippen LogP) is 2.09. The van der Waals surface area contributed by atoms with E-state index < -0.39 is 0 Å². The topological polar surface area (TPSA) is 44.5 Å². The molecule has 4 heteroatoms. The Morgan fingerprint density at radius 2 is 2.19 bits per heavy atom. The van der Waals surface area contributed by atoms with E-state index in [1.54, 1.807) is 19.2 Å². The van der Waals surface area contributed by atoms with Crippen LogP contribution < -0.4 is 10.5 Å². The fourth-order valence-electron chi connectivity index (χ4n) is 1.39. The van der Waals surface area contributed by atoms with Crippen LogP contribution in [0.15, 0.2) is 18.2 Å². The Labute approximate surface area is 95.4 Å². The maximum Gasteiger partial charge on any atom is 0.165 e. The van der Waals surface area contributed by atoms with E-state index in [2.05, 4.69) is 0 Å². The molecular weight excluding hydrogens is 209 g/mol. The minimum absolute atomic E-state index is 0.0952. The van der Waals surface area contributed by atoms with E-state index in [4.69, 9.17) is 15.2 Å². The molecule has 0 aliphatic rings. The zero-order valence-corrected chi connectivity index (χ0v) is 9.70. The Bertz CT molecular complexity index is 331. The van der Waals surface area contributed by atoms with Gasteiger partial charge >= 0.3 is 0 Å². The van der Waals surface area contributed by atoms with Crippen molar-refractivity contribution in [1.29, 1.82) is 0 Å². The zero-order valence-electron chi connectivity index (χ0n) is 9.70. The van der Waals surface area contributed by atoms with Gasteiger partial charge in [-0.15, -0.1) is 0 Å². The van der Waals surface area contributed by atoms with Gasteiger partial charge in [0, 0.05) is 32.2 Å². The van der Waals surface area contributed by atoms with Gasteiger partial charge in [-0.3, -0.25) is 0 Å². The Balaban J connectivity index is 2.71. The Morgan fingerprint density at radius 1 is 1.44 bits per heavy atom. The molecular formula is C12H18FNO2. The van der Waals surface area contributed by atoms with Crippen molar-refractivity contribution in [2.75, 3.05) is 13.7 Å². The van der Waals surface area contributed by atoms with Crippen molar-refractivity contribution in [2.45, 2.75) is 26.0 Å². The van der Waals surface area contributed by atoms with Crippen LogP contribution in [0.5, 0.6) is 5.75 Å². The third-order valence-corrected chi connectivity index (χ3v) is 2.32. The molecule has 0 radical (unpaired) electrons. The zero-order chi connectivity index (χ0) is 12.0. The molecule has 0 fully saturated rings. The third kappa shape index (κ3) is 3.47. The number of hydrogen-bond donors (Lipinski definition) is 1. The number of nitrogens with two attached hydrogens (primary N) is 1. The fraction of sp³-hybridized carbons (Fsp3) is 0.500. The minimum atomic E-state index is -0.368. The highest BCUT2D eigenvalue weighted by Crippen LogP contribution is 2.23. The first-order valence-corrected chi connectivity index (χ1v) is 5.32. The summed E-state index contributed by atoms with van der Waals surface area (Å²) in [6.07, 6.45) is 0.622. The average molecular weight is 227 g/mol. The average Bonchev–Trinajstić information content (AvgIpc) is 2.29. The van der Waals surface area contributed by atoms with Gasteiger partial charge in [0.15, 0.2) is 11.6 Å². The summed E-state index contributed by atoms with van der Waals surface area (Å²) < 4.78 is 24.0. The van der Waals surface area contributed by atoms with Gasteiger partial charge in [0.1, 0.15) is 0 Å². The Morgan fingerprint density at radius 3 is 2.81 bits per heavy atom. The highest BCUT2D eigenvalue weighted by Gasteiger charge is 2.12. The summed E-state index contributed by atoms with van der Waals surface area (Å²) in [5.74, 6) is -0.110. The molecule has 1 aromatic carbocycles. The molecule has 1 rings (SSSR count). The van der Waals surface area contributed by atoms with Gasteiger partial charge in [-0.25, -0.2) is 4.39 Å². The van der Waals surface area contributed by atoms with Crippen LogP contribution in [0.4, 0.5) is 4.39 Å². The molecule has 1 atom stereocenters. The molecule has 0 aliphatic heterocycles. The lowest BCUT2D eigenvalue weighted by atomic mass is 10.2. The molecule has 0 heterocycles. The summed E-state index contributed by atoms with van der Waals surface area (Å²) in [6.45, 7) is 2.74. The summed E-state index contributed by atoms with van der Waals surface area (Å²) in [5, 5.41) is 0. The lowest BCUT2D eigenvalue weighted by Gasteiger charge is -2.17. The van der Waals surface area contributed by atoms with Crippen molar-refractivity contribution in [1.82, 2.24) is 0 Å². The van der Waals surface area contributed by atoms with Crippen molar-refractivity contribution in [2.24, 2.45) is 5.73 Å². The molecule has 1 aromatic rings. The minimum Gasteiger partial charge on any atom is -0.487 e. The van der Waals surface area contributed by atoms with Gasteiger partial charge in [-0.05, 0) is 13.0 Å². The number of halogens is 1. The van der Waals surface area contributed by atoms with Crippen LogP contribution in [0.2, 0.25) is 0 Å². The van der Waals surface area contributed by atoms with Crippen LogP contribution in [0.3, 0.4) is 0 Å². The highest BCUT2D eigenvalue weighted by atomic mass is 19.1. The Kier molecular flexibility index (Phi) is 5.22. The molecule has 2 N–H and O–H groups in total. The quantitative estimate of drug-likeness (QED) is 0.809. The lowest BCUT2D eigenvalue weighted by molar-refractivity contribution is 0.131. The van der Waals surface area contributed by atoms with Gasteiger partial charge in [-0.1, -0.05) is 12.1 Å². The van der Waals surface area contributed by atoms with Gasteiger partial charge < -0.3 is 15.2 Å². The maximum atomic E-state index is 13.5. The second-order valence-corrected chi connectivity index (χ2v) is 3.64. The largest absolute Gasteiger partial charge is 0.487 e. The number of ether oxygens (including phenoxy) is 2. The molecule has 0 saturated carbocycles. The summed E-state index contributed by atoms with van der Waals surface area (Å²) in [4.78, 5) is 0. The standard InChI is InChI=1S/C12H18FNO2/c1-9(6-7-15-2)16-12-10(8-14)4-3-5-11(12)13/h3-5,9H,6-8,14H2,1-2H3. The normalized spacial score (nSPS) is 12.5. The third-order valence-electron chi connectivity index (χ3n) is 2.32. The molecule has 0 bridgehead atoms. The number of hydrogen-bond acceptors (Lipinski definition) is 3. The van der Waals surface area contributed by atoms with E-state index >= 15 is 0 Å². The van der Waals surface area contributed by atoms with Crippen molar-refractivity contribution in [3.8, 4) is 5.75 Å². The van der Waals surface area contributed by atoms with E-state index in [9.17, 15) is 4.39 Å². The molecule has 0 saturated heterocycles. The van der Waals surface area contributed by atoms with Crippen molar-refractivity contribution in [3.05, 3.63) is 29.6 Å². The second kappa shape index (κ2) is 6.45. The van der Waals surface area contributed by atoms with Crippen molar-refractivity contribution < 1.29 is 13.9 Å². The van der Waals surface area contributed by atoms with Crippen LogP contribution in [-0.4, -0.2) is 19.8 Å². The molecule has 0 aliphatic carbocycles. The van der Waals surface area contributed by atoms with E-state index in [1.165, 1.54) is 6.07 Å². The molecule has 0 spiro atoms. The van der Waals surface area contributed by atoms with E-state index in [1.807, 2.05) is 6.92 Å². The highest BCUT2D eigenvalue weighted by molar-refractivity contribution is 5.34. The molecule has 90 valence electrons. The molecule has 0 aromatic heterocycles. The summed E-state index contributed by atoms with van der Waals surface area (Å²) in [7, 11) is 1.63. The number of benzene rings is 1. The molecule has 0 amide bonds. The van der Waals surface area contributed by atoms with Crippen LogP contribution in [0.25, 0.3) is 0 Å². The predicted molar refractivity (Wildman–Crippen MR) is 60.9 cm³/mol. The first-order chi connectivity index (χ1) is 7.69. The lowest BCUT2D eigenvalue weighted by Crippen LogP contribution is -2.16. The Hall–Kier alpha value is -1.13. The maximum absolute atomic E-state index is 13.5. The van der Waals surface area contributed by atoms with Crippen LogP contribution in [0.1, 0.15) is 18.9 Å².